The summed E-state index contributed by atoms with van der Waals surface area (Å²) >= 11 is 0. The van der Waals surface area contributed by atoms with Crippen LogP contribution in [0.5, 0.6) is 5.75 Å². The number of ether oxygens (including phenoxy) is 1. The summed E-state index contributed by atoms with van der Waals surface area (Å²) in [4.78, 5) is 39.4. The molecule has 0 fully saturated rings. The minimum Gasteiger partial charge on any atom is -0.408 e. The van der Waals surface area contributed by atoms with Crippen LogP contribution in [-0.4, -0.2) is 37.1 Å². The van der Waals surface area contributed by atoms with Gasteiger partial charge in [-0.25, -0.2) is 4.79 Å². The predicted molar refractivity (Wildman–Crippen MR) is 71.1 cm³/mol. The molecule has 0 saturated heterocycles. The molecular formula is C13H16N2O5. The quantitative estimate of drug-likeness (QED) is 0.769. The number of nitrogens with zero attached hydrogens (tertiary/aromatic N) is 2. The Morgan fingerprint density at radius 2 is 1.55 bits per heavy atom. The van der Waals surface area contributed by atoms with E-state index < -0.39 is 12.1 Å². The summed E-state index contributed by atoms with van der Waals surface area (Å²) in [5.41, 5.74) is 0.672. The topological polar surface area (TPSA) is 76.2 Å². The van der Waals surface area contributed by atoms with Crippen molar-refractivity contribution in [3.63, 3.8) is 0 Å². The van der Waals surface area contributed by atoms with Crippen LogP contribution in [0, 0.1) is 0 Å². The van der Waals surface area contributed by atoms with Gasteiger partial charge in [0.25, 0.3) is 0 Å². The van der Waals surface area contributed by atoms with Crippen LogP contribution >= 0.6 is 0 Å². The Bertz CT molecular complexity index is 512. The predicted octanol–water partition coefficient (Wildman–Crippen LogP) is 1.58. The molecule has 2 amide bonds. The van der Waals surface area contributed by atoms with Crippen molar-refractivity contribution in [3.05, 3.63) is 24.3 Å². The van der Waals surface area contributed by atoms with Gasteiger partial charge in [-0.15, -0.1) is 5.06 Å². The minimum atomic E-state index is -0.826. The molecule has 7 heteroatoms. The number of carbonyl (C=O) groups is 3. The Kier molecular flexibility index (Phi) is 5.08. The first-order valence-corrected chi connectivity index (χ1v) is 5.79. The standard InChI is InChI=1S/C13H16N2O5/c1-9(16)14(3)11-5-7-12(8-6-11)19-13(18)15(4)20-10(2)17/h5-8H,1-4H3. The fourth-order valence-electron chi connectivity index (χ4n) is 1.31. The van der Waals surface area contributed by atoms with Crippen LogP contribution in [0.3, 0.4) is 0 Å². The van der Waals surface area contributed by atoms with Gasteiger partial charge in [-0.3, -0.25) is 9.59 Å². The third-order valence-electron chi connectivity index (χ3n) is 2.42. The van der Waals surface area contributed by atoms with Gasteiger partial charge in [0.2, 0.25) is 5.91 Å². The monoisotopic (exact) mass is 280 g/mol. The van der Waals surface area contributed by atoms with Crippen LogP contribution in [-0.2, 0) is 14.4 Å². The van der Waals surface area contributed by atoms with Crippen LogP contribution in [0.15, 0.2) is 24.3 Å². The zero-order chi connectivity index (χ0) is 15.3. The van der Waals surface area contributed by atoms with Crippen molar-refractivity contribution in [2.75, 3.05) is 19.0 Å². The van der Waals surface area contributed by atoms with Crippen LogP contribution in [0.2, 0.25) is 0 Å². The highest BCUT2D eigenvalue weighted by atomic mass is 16.7. The molecule has 1 aromatic carbocycles. The number of hydroxylamine groups is 2. The number of anilines is 1. The molecule has 1 rings (SSSR count). The third-order valence-corrected chi connectivity index (χ3v) is 2.42. The largest absolute Gasteiger partial charge is 0.448 e. The maximum absolute atomic E-state index is 11.5. The summed E-state index contributed by atoms with van der Waals surface area (Å²) in [5, 5.41) is 0.692. The second-order valence-corrected chi connectivity index (χ2v) is 4.02. The Morgan fingerprint density at radius 1 is 1.00 bits per heavy atom. The fraction of sp³-hybridized carbons (Fsp3) is 0.308. The average molecular weight is 280 g/mol. The lowest BCUT2D eigenvalue weighted by Crippen LogP contribution is -2.31. The smallest absolute Gasteiger partial charge is 0.408 e. The van der Waals surface area contributed by atoms with Gasteiger partial charge in [0.05, 0.1) is 7.05 Å². The van der Waals surface area contributed by atoms with Crippen molar-refractivity contribution in [2.45, 2.75) is 13.8 Å². The highest BCUT2D eigenvalue weighted by Gasteiger charge is 2.14. The van der Waals surface area contributed by atoms with Gasteiger partial charge >= 0.3 is 12.1 Å². The van der Waals surface area contributed by atoms with E-state index in [1.807, 2.05) is 0 Å². The number of hydrogen-bond acceptors (Lipinski definition) is 5. The summed E-state index contributed by atoms with van der Waals surface area (Å²) in [5.74, 6) is -0.457. The van der Waals surface area contributed by atoms with Crippen molar-refractivity contribution < 1.29 is 24.0 Å². The lowest BCUT2D eigenvalue weighted by molar-refractivity contribution is -0.171. The molecule has 0 atom stereocenters. The molecule has 0 aromatic heterocycles. The first-order valence-electron chi connectivity index (χ1n) is 5.79. The molecule has 0 unspecified atom stereocenters. The molecule has 0 saturated carbocycles. The molecule has 0 heterocycles. The van der Waals surface area contributed by atoms with Gasteiger partial charge in [0.15, 0.2) is 0 Å². The van der Waals surface area contributed by atoms with Crippen molar-refractivity contribution >= 4 is 23.7 Å². The summed E-state index contributed by atoms with van der Waals surface area (Å²) in [7, 11) is 2.90. The maximum atomic E-state index is 11.5. The van der Waals surface area contributed by atoms with Crippen LogP contribution in [0.25, 0.3) is 0 Å². The highest BCUT2D eigenvalue weighted by molar-refractivity contribution is 5.90. The molecule has 20 heavy (non-hydrogen) atoms. The molecule has 0 N–H and O–H groups in total. The number of carbonyl (C=O) groups excluding carboxylic acids is 3. The van der Waals surface area contributed by atoms with Gasteiger partial charge in [-0.05, 0) is 24.3 Å². The summed E-state index contributed by atoms with van der Waals surface area (Å²) in [6, 6.07) is 6.34. The van der Waals surface area contributed by atoms with Crippen LogP contribution in [0.1, 0.15) is 13.8 Å². The SMILES string of the molecule is CC(=O)ON(C)C(=O)Oc1ccc(N(C)C(C)=O)cc1. The second-order valence-electron chi connectivity index (χ2n) is 4.02. The molecule has 0 aliphatic carbocycles. The third kappa shape index (κ3) is 4.27. The van der Waals surface area contributed by atoms with Gasteiger partial charge in [0.1, 0.15) is 5.75 Å². The van der Waals surface area contributed by atoms with E-state index in [1.54, 1.807) is 19.2 Å². The molecule has 7 nitrogen and oxygen atoms in total. The summed E-state index contributed by atoms with van der Waals surface area (Å²) < 4.78 is 4.98. The van der Waals surface area contributed by atoms with Gasteiger partial charge in [0, 0.05) is 26.6 Å². The van der Waals surface area contributed by atoms with Crippen molar-refractivity contribution in [1.82, 2.24) is 5.06 Å². The van der Waals surface area contributed by atoms with Crippen molar-refractivity contribution in [2.24, 2.45) is 0 Å². The van der Waals surface area contributed by atoms with E-state index in [2.05, 4.69) is 4.84 Å². The van der Waals surface area contributed by atoms with E-state index in [-0.39, 0.29) is 11.7 Å². The van der Waals surface area contributed by atoms with Crippen molar-refractivity contribution in [1.29, 1.82) is 0 Å². The summed E-state index contributed by atoms with van der Waals surface area (Å²) in [6.45, 7) is 2.62. The Hall–Kier alpha value is -2.57. The molecule has 0 spiro atoms. The number of hydrogen-bond donors (Lipinski definition) is 0. The zero-order valence-electron chi connectivity index (χ0n) is 11.7. The second kappa shape index (κ2) is 6.55. The molecule has 0 bridgehead atoms. The van der Waals surface area contributed by atoms with Crippen LogP contribution in [0.4, 0.5) is 10.5 Å². The maximum Gasteiger partial charge on any atom is 0.448 e. The normalized spacial score (nSPS) is 9.60. The number of rotatable bonds is 2. The molecule has 0 aliphatic heterocycles. The van der Waals surface area contributed by atoms with E-state index >= 15 is 0 Å². The Labute approximate surface area is 116 Å². The Balaban J connectivity index is 2.68. The van der Waals surface area contributed by atoms with E-state index in [0.717, 1.165) is 0 Å². The molecular weight excluding hydrogens is 264 g/mol. The lowest BCUT2D eigenvalue weighted by Gasteiger charge is -2.16. The van der Waals surface area contributed by atoms with Gasteiger partial charge in [-0.1, -0.05) is 0 Å². The first-order chi connectivity index (χ1) is 9.31. The molecule has 1 aromatic rings. The van der Waals surface area contributed by atoms with E-state index in [1.165, 1.54) is 37.9 Å². The van der Waals surface area contributed by atoms with Gasteiger partial charge in [-0.2, -0.15) is 0 Å². The molecule has 0 aliphatic rings. The van der Waals surface area contributed by atoms with E-state index in [4.69, 9.17) is 4.74 Å². The van der Waals surface area contributed by atoms with E-state index in [9.17, 15) is 14.4 Å². The van der Waals surface area contributed by atoms with Crippen LogP contribution < -0.4 is 9.64 Å². The number of benzene rings is 1. The summed E-state index contributed by atoms with van der Waals surface area (Å²) in [6.07, 6.45) is -0.826. The molecule has 108 valence electrons. The minimum absolute atomic E-state index is 0.107. The Morgan fingerprint density at radius 3 is 2.00 bits per heavy atom. The highest BCUT2D eigenvalue weighted by Crippen LogP contribution is 2.19. The van der Waals surface area contributed by atoms with Crippen molar-refractivity contribution in [3.8, 4) is 5.75 Å². The number of amides is 2. The zero-order valence-corrected chi connectivity index (χ0v) is 11.7. The van der Waals surface area contributed by atoms with Gasteiger partial charge < -0.3 is 14.5 Å². The van der Waals surface area contributed by atoms with E-state index in [0.29, 0.717) is 10.8 Å². The molecule has 0 radical (unpaired) electrons. The lowest BCUT2D eigenvalue weighted by atomic mass is 10.3. The first kappa shape index (κ1) is 15.5. The average Bonchev–Trinajstić information content (AvgIpc) is 2.37. The fourth-order valence-corrected chi connectivity index (χ4v) is 1.31.